The molecule has 9 nitrogen and oxygen atoms in total. The van der Waals surface area contributed by atoms with E-state index in [9.17, 15) is 14.9 Å². The first-order valence-electron chi connectivity index (χ1n) is 9.13. The van der Waals surface area contributed by atoms with Crippen LogP contribution in [0.2, 0.25) is 5.02 Å². The predicted molar refractivity (Wildman–Crippen MR) is 106 cm³/mol. The van der Waals surface area contributed by atoms with Crippen LogP contribution in [-0.2, 0) is 0 Å². The maximum absolute atomic E-state index is 12.3. The summed E-state index contributed by atoms with van der Waals surface area (Å²) in [5, 5.41) is 15.1. The summed E-state index contributed by atoms with van der Waals surface area (Å²) in [7, 11) is 0. The monoisotopic (exact) mass is 404 g/mol. The minimum absolute atomic E-state index is 0.100. The third-order valence-electron chi connectivity index (χ3n) is 4.61. The van der Waals surface area contributed by atoms with Gasteiger partial charge < -0.3 is 5.32 Å². The fourth-order valence-electron chi connectivity index (χ4n) is 3.19. The molecule has 0 bridgehead atoms. The Morgan fingerprint density at radius 3 is 2.46 bits per heavy atom. The summed E-state index contributed by atoms with van der Waals surface area (Å²) < 4.78 is 0. The van der Waals surface area contributed by atoms with E-state index < -0.39 is 10.8 Å². The first-order chi connectivity index (χ1) is 13.6. The quantitative estimate of drug-likeness (QED) is 0.378. The van der Waals surface area contributed by atoms with Gasteiger partial charge in [0.25, 0.3) is 5.91 Å². The number of carbonyl (C=O) groups is 1. The first kappa shape index (κ1) is 19.8. The Hall–Kier alpha value is -2.94. The lowest BCUT2D eigenvalue weighted by atomic mass is 10.1. The van der Waals surface area contributed by atoms with Crippen LogP contribution in [0.4, 0.5) is 17.3 Å². The average Bonchev–Trinajstić information content (AvgIpc) is 2.95. The zero-order chi connectivity index (χ0) is 19.9. The van der Waals surface area contributed by atoms with Gasteiger partial charge in [-0.3, -0.25) is 25.8 Å². The Kier molecular flexibility index (Phi) is 6.59. The molecule has 0 radical (unpaired) electrons. The molecule has 1 fully saturated rings. The number of nitrogens with one attached hydrogen (secondary N) is 3. The predicted octanol–water partition coefficient (Wildman–Crippen LogP) is 3.93. The number of benzene rings is 1. The molecule has 28 heavy (non-hydrogen) atoms. The fraction of sp³-hybridized carbons (Fsp3) is 0.389. The van der Waals surface area contributed by atoms with Gasteiger partial charge in [0.05, 0.1) is 15.5 Å². The molecule has 0 atom stereocenters. The number of amides is 1. The maximum Gasteiger partial charge on any atom is 0.354 e. The van der Waals surface area contributed by atoms with Crippen molar-refractivity contribution in [1.82, 2.24) is 15.4 Å². The van der Waals surface area contributed by atoms with Crippen molar-refractivity contribution in [2.75, 3.05) is 10.7 Å². The summed E-state index contributed by atoms with van der Waals surface area (Å²) >= 11 is 6.00. The normalized spacial score (nSPS) is 14.8. The number of nitro groups is 1. The Labute approximate surface area is 167 Å². The molecule has 0 aliphatic heterocycles. The van der Waals surface area contributed by atoms with E-state index in [0.717, 1.165) is 25.7 Å². The average molecular weight is 405 g/mol. The second kappa shape index (κ2) is 9.32. The van der Waals surface area contributed by atoms with Gasteiger partial charge in [0.2, 0.25) is 11.6 Å². The number of hydrogen-bond acceptors (Lipinski definition) is 7. The maximum atomic E-state index is 12.3. The standard InChI is InChI=1S/C18H21ClN6O3/c19-14-10-6-5-9-13(14)18(26)24-23-17-15(25(27)28)16(20-11-21-17)22-12-7-3-1-2-4-8-12/h5-6,9-12H,1-4,7-8H2,(H,24,26)(H2,20,21,22,23). The zero-order valence-electron chi connectivity index (χ0n) is 15.2. The highest BCUT2D eigenvalue weighted by Gasteiger charge is 2.25. The van der Waals surface area contributed by atoms with E-state index in [1.807, 2.05) is 0 Å². The van der Waals surface area contributed by atoms with E-state index >= 15 is 0 Å². The third-order valence-corrected chi connectivity index (χ3v) is 4.94. The van der Waals surface area contributed by atoms with Crippen molar-refractivity contribution in [3.05, 3.63) is 51.3 Å². The molecule has 1 aromatic heterocycles. The fourth-order valence-corrected chi connectivity index (χ4v) is 3.42. The first-order valence-corrected chi connectivity index (χ1v) is 9.51. The molecule has 0 spiro atoms. The van der Waals surface area contributed by atoms with Crippen LogP contribution in [0.25, 0.3) is 0 Å². The topological polar surface area (TPSA) is 122 Å². The van der Waals surface area contributed by atoms with Crippen molar-refractivity contribution in [3.8, 4) is 0 Å². The Morgan fingerprint density at radius 1 is 1.11 bits per heavy atom. The Morgan fingerprint density at radius 2 is 1.79 bits per heavy atom. The number of nitrogens with zero attached hydrogens (tertiary/aromatic N) is 3. The summed E-state index contributed by atoms with van der Waals surface area (Å²) in [6, 6.07) is 6.63. The Bertz CT molecular complexity index is 855. The molecule has 3 N–H and O–H groups in total. The molecule has 1 saturated carbocycles. The Balaban J connectivity index is 1.76. The van der Waals surface area contributed by atoms with Crippen molar-refractivity contribution in [2.24, 2.45) is 0 Å². The second-order valence-corrected chi connectivity index (χ2v) is 6.98. The van der Waals surface area contributed by atoms with Crippen LogP contribution in [0.15, 0.2) is 30.6 Å². The molecule has 1 amide bonds. The molecular formula is C18H21ClN6O3. The van der Waals surface area contributed by atoms with Crippen LogP contribution in [0.3, 0.4) is 0 Å². The third kappa shape index (κ3) is 4.86. The number of aromatic nitrogens is 2. The number of halogens is 1. The van der Waals surface area contributed by atoms with Crippen molar-refractivity contribution in [1.29, 1.82) is 0 Å². The van der Waals surface area contributed by atoms with Crippen LogP contribution >= 0.6 is 11.6 Å². The van der Waals surface area contributed by atoms with Gasteiger partial charge in [-0.2, -0.15) is 0 Å². The summed E-state index contributed by atoms with van der Waals surface area (Å²) in [6.45, 7) is 0. The lowest BCUT2D eigenvalue weighted by molar-refractivity contribution is -0.383. The number of anilines is 2. The SMILES string of the molecule is O=C(NNc1ncnc(NC2CCCCCC2)c1[N+](=O)[O-])c1ccccc1Cl. The van der Waals surface area contributed by atoms with Crippen molar-refractivity contribution < 1.29 is 9.72 Å². The molecule has 0 saturated heterocycles. The van der Waals surface area contributed by atoms with E-state index in [0.29, 0.717) is 0 Å². The molecular weight excluding hydrogens is 384 g/mol. The number of carbonyl (C=O) groups excluding carboxylic acids is 1. The highest BCUT2D eigenvalue weighted by atomic mass is 35.5. The van der Waals surface area contributed by atoms with Crippen molar-refractivity contribution in [2.45, 2.75) is 44.6 Å². The zero-order valence-corrected chi connectivity index (χ0v) is 15.9. The van der Waals surface area contributed by atoms with E-state index in [1.165, 1.54) is 19.2 Å². The summed E-state index contributed by atoms with van der Waals surface area (Å²) in [4.78, 5) is 31.3. The van der Waals surface area contributed by atoms with Gasteiger partial charge in [-0.05, 0) is 25.0 Å². The smallest absolute Gasteiger partial charge is 0.354 e. The molecule has 148 valence electrons. The minimum Gasteiger partial charge on any atom is -0.361 e. The van der Waals surface area contributed by atoms with Gasteiger partial charge in [0.15, 0.2) is 0 Å². The van der Waals surface area contributed by atoms with Gasteiger partial charge in [-0.15, -0.1) is 0 Å². The van der Waals surface area contributed by atoms with E-state index in [-0.39, 0.29) is 34.0 Å². The molecule has 3 rings (SSSR count). The molecule has 1 heterocycles. The molecule has 1 aromatic carbocycles. The van der Waals surface area contributed by atoms with Gasteiger partial charge in [-0.25, -0.2) is 9.97 Å². The highest BCUT2D eigenvalue weighted by Crippen LogP contribution is 2.30. The summed E-state index contributed by atoms with van der Waals surface area (Å²) in [5.41, 5.74) is 4.84. The van der Waals surface area contributed by atoms with E-state index in [4.69, 9.17) is 11.6 Å². The molecule has 1 aliphatic rings. The van der Waals surface area contributed by atoms with Crippen molar-refractivity contribution in [3.63, 3.8) is 0 Å². The minimum atomic E-state index is -0.566. The van der Waals surface area contributed by atoms with Gasteiger partial charge >= 0.3 is 5.69 Å². The van der Waals surface area contributed by atoms with E-state index in [1.54, 1.807) is 24.3 Å². The van der Waals surface area contributed by atoms with Gasteiger partial charge in [0, 0.05) is 6.04 Å². The largest absolute Gasteiger partial charge is 0.361 e. The van der Waals surface area contributed by atoms with Crippen LogP contribution < -0.4 is 16.2 Å². The second-order valence-electron chi connectivity index (χ2n) is 6.57. The van der Waals surface area contributed by atoms with Gasteiger partial charge in [0.1, 0.15) is 6.33 Å². The lowest BCUT2D eigenvalue weighted by Gasteiger charge is -2.17. The van der Waals surface area contributed by atoms with Crippen LogP contribution in [-0.4, -0.2) is 26.8 Å². The molecule has 10 heteroatoms. The van der Waals surface area contributed by atoms with E-state index in [2.05, 4.69) is 26.1 Å². The molecule has 2 aromatic rings. The van der Waals surface area contributed by atoms with Crippen LogP contribution in [0.5, 0.6) is 0 Å². The van der Waals surface area contributed by atoms with Crippen molar-refractivity contribution >= 4 is 34.8 Å². The van der Waals surface area contributed by atoms with Gasteiger partial charge in [-0.1, -0.05) is 49.4 Å². The summed E-state index contributed by atoms with van der Waals surface area (Å²) in [6.07, 6.45) is 7.59. The van der Waals surface area contributed by atoms with Crippen LogP contribution in [0.1, 0.15) is 48.9 Å². The number of hydrazine groups is 1. The lowest BCUT2D eigenvalue weighted by Crippen LogP contribution is -2.30. The summed E-state index contributed by atoms with van der Waals surface area (Å²) in [5.74, 6) is -0.491. The highest BCUT2D eigenvalue weighted by molar-refractivity contribution is 6.33. The number of rotatable bonds is 6. The molecule has 0 unspecified atom stereocenters. The number of hydrogen-bond donors (Lipinski definition) is 3. The molecule has 1 aliphatic carbocycles. The van der Waals surface area contributed by atoms with Crippen LogP contribution in [0, 0.1) is 10.1 Å².